The average Bonchev–Trinajstić information content (AvgIpc) is 3.32. The standard InChI is InChI=1S/C18H25N3O2S/c1-24(22,23)20-18(12-15-5-6-15)7-9-21(10-8-18)14-17-4-2-3-16(11-17)13-19/h2-4,11,15,20H,5-10,12,14H2,1H3. The largest absolute Gasteiger partial charge is 0.299 e. The van der Waals surface area contributed by atoms with Crippen LogP contribution >= 0.6 is 0 Å². The number of benzene rings is 1. The normalized spacial score (nSPS) is 21.3. The van der Waals surface area contributed by atoms with Crippen LogP contribution in [-0.4, -0.2) is 38.2 Å². The van der Waals surface area contributed by atoms with Gasteiger partial charge in [-0.05, 0) is 42.9 Å². The molecule has 0 radical (unpaired) electrons. The Labute approximate surface area is 144 Å². The minimum absolute atomic E-state index is 0.264. The molecule has 0 spiro atoms. The molecule has 1 aromatic rings. The van der Waals surface area contributed by atoms with Gasteiger partial charge in [-0.15, -0.1) is 0 Å². The van der Waals surface area contributed by atoms with Crippen LogP contribution in [0.15, 0.2) is 24.3 Å². The maximum atomic E-state index is 11.8. The lowest BCUT2D eigenvalue weighted by atomic mass is 9.83. The van der Waals surface area contributed by atoms with E-state index in [9.17, 15) is 8.42 Å². The highest BCUT2D eigenvalue weighted by Crippen LogP contribution is 2.41. The molecule has 1 aliphatic carbocycles. The molecule has 0 unspecified atom stereocenters. The van der Waals surface area contributed by atoms with Gasteiger partial charge in [-0.25, -0.2) is 13.1 Å². The Hall–Kier alpha value is -1.42. The zero-order valence-electron chi connectivity index (χ0n) is 14.2. The third kappa shape index (κ3) is 4.79. The second kappa shape index (κ2) is 6.83. The third-order valence-corrected chi connectivity index (χ3v) is 5.86. The zero-order chi connectivity index (χ0) is 17.2. The van der Waals surface area contributed by atoms with Gasteiger partial charge >= 0.3 is 0 Å². The fraction of sp³-hybridized carbons (Fsp3) is 0.611. The second-order valence-corrected chi connectivity index (χ2v) is 9.14. The quantitative estimate of drug-likeness (QED) is 0.856. The molecule has 1 saturated carbocycles. The van der Waals surface area contributed by atoms with E-state index in [0.717, 1.165) is 44.5 Å². The van der Waals surface area contributed by atoms with Crippen molar-refractivity contribution in [2.45, 2.75) is 44.2 Å². The van der Waals surface area contributed by atoms with Gasteiger partial charge < -0.3 is 0 Å². The van der Waals surface area contributed by atoms with E-state index in [1.165, 1.54) is 19.1 Å². The molecular formula is C18H25N3O2S. The number of likely N-dealkylation sites (tertiary alicyclic amines) is 1. The highest BCUT2D eigenvalue weighted by atomic mass is 32.2. The Balaban J connectivity index is 1.63. The van der Waals surface area contributed by atoms with E-state index < -0.39 is 10.0 Å². The van der Waals surface area contributed by atoms with Gasteiger partial charge in [0.05, 0.1) is 17.9 Å². The van der Waals surface area contributed by atoms with Crippen molar-refractivity contribution in [3.05, 3.63) is 35.4 Å². The van der Waals surface area contributed by atoms with Gasteiger partial charge in [-0.2, -0.15) is 5.26 Å². The summed E-state index contributed by atoms with van der Waals surface area (Å²) >= 11 is 0. The van der Waals surface area contributed by atoms with Gasteiger partial charge in [0, 0.05) is 25.2 Å². The van der Waals surface area contributed by atoms with Crippen molar-refractivity contribution >= 4 is 10.0 Å². The molecule has 6 heteroatoms. The van der Waals surface area contributed by atoms with E-state index in [4.69, 9.17) is 5.26 Å². The van der Waals surface area contributed by atoms with Crippen LogP contribution in [0.4, 0.5) is 0 Å². The Kier molecular flexibility index (Phi) is 4.95. The van der Waals surface area contributed by atoms with Gasteiger partial charge in [-0.3, -0.25) is 4.90 Å². The molecule has 5 nitrogen and oxygen atoms in total. The molecular weight excluding hydrogens is 322 g/mol. The summed E-state index contributed by atoms with van der Waals surface area (Å²) in [7, 11) is -3.19. The summed E-state index contributed by atoms with van der Waals surface area (Å²) in [6.45, 7) is 2.58. The Morgan fingerprint density at radius 2 is 2.04 bits per heavy atom. The molecule has 0 aromatic heterocycles. The molecule has 0 amide bonds. The number of rotatable bonds is 6. The minimum atomic E-state index is -3.19. The number of nitrogens with zero attached hydrogens (tertiary/aromatic N) is 2. The van der Waals surface area contributed by atoms with Gasteiger partial charge in [-0.1, -0.05) is 25.0 Å². The molecule has 2 aliphatic rings. The van der Waals surface area contributed by atoms with Gasteiger partial charge in [0.1, 0.15) is 0 Å². The highest BCUT2D eigenvalue weighted by molar-refractivity contribution is 7.88. The predicted octanol–water partition coefficient (Wildman–Crippen LogP) is 2.24. The maximum Gasteiger partial charge on any atom is 0.209 e. The summed E-state index contributed by atoms with van der Waals surface area (Å²) in [5.41, 5.74) is 1.56. The van der Waals surface area contributed by atoms with Crippen molar-refractivity contribution in [2.75, 3.05) is 19.3 Å². The summed E-state index contributed by atoms with van der Waals surface area (Å²) in [5, 5.41) is 9.01. The van der Waals surface area contributed by atoms with Crippen LogP contribution in [0.1, 0.15) is 43.2 Å². The van der Waals surface area contributed by atoms with E-state index in [0.29, 0.717) is 11.5 Å². The van der Waals surface area contributed by atoms with E-state index in [-0.39, 0.29) is 5.54 Å². The molecule has 0 atom stereocenters. The minimum Gasteiger partial charge on any atom is -0.299 e. The van der Waals surface area contributed by atoms with Crippen LogP contribution in [0, 0.1) is 17.2 Å². The zero-order valence-corrected chi connectivity index (χ0v) is 15.0. The Morgan fingerprint density at radius 1 is 1.33 bits per heavy atom. The van der Waals surface area contributed by atoms with Crippen LogP contribution in [0.3, 0.4) is 0 Å². The first kappa shape index (κ1) is 17.4. The molecule has 0 bridgehead atoms. The van der Waals surface area contributed by atoms with Crippen molar-refractivity contribution in [1.82, 2.24) is 9.62 Å². The lowest BCUT2D eigenvalue weighted by molar-refractivity contribution is 0.134. The molecule has 1 aliphatic heterocycles. The Bertz CT molecular complexity index is 727. The van der Waals surface area contributed by atoms with Crippen LogP contribution in [-0.2, 0) is 16.6 Å². The van der Waals surface area contributed by atoms with E-state index in [2.05, 4.69) is 15.7 Å². The first-order valence-electron chi connectivity index (χ1n) is 8.58. The van der Waals surface area contributed by atoms with E-state index in [1.54, 1.807) is 0 Å². The van der Waals surface area contributed by atoms with Crippen LogP contribution in [0.2, 0.25) is 0 Å². The molecule has 1 N–H and O–H groups in total. The third-order valence-electron chi connectivity index (χ3n) is 5.05. The van der Waals surface area contributed by atoms with E-state index >= 15 is 0 Å². The second-order valence-electron chi connectivity index (χ2n) is 7.39. The van der Waals surface area contributed by atoms with Crippen molar-refractivity contribution in [3.8, 4) is 6.07 Å². The number of nitrogens with one attached hydrogen (secondary N) is 1. The summed E-state index contributed by atoms with van der Waals surface area (Å²) in [4.78, 5) is 2.35. The Morgan fingerprint density at radius 3 is 2.62 bits per heavy atom. The number of nitriles is 1. The van der Waals surface area contributed by atoms with Crippen molar-refractivity contribution in [2.24, 2.45) is 5.92 Å². The molecule has 2 fully saturated rings. The van der Waals surface area contributed by atoms with E-state index in [1.807, 2.05) is 24.3 Å². The highest BCUT2D eigenvalue weighted by Gasteiger charge is 2.41. The fourth-order valence-corrected chi connectivity index (χ4v) is 4.83. The molecule has 130 valence electrons. The number of hydrogen-bond donors (Lipinski definition) is 1. The van der Waals surface area contributed by atoms with Gasteiger partial charge in [0.2, 0.25) is 10.0 Å². The maximum absolute atomic E-state index is 11.8. The van der Waals surface area contributed by atoms with Gasteiger partial charge in [0.15, 0.2) is 0 Å². The molecule has 1 heterocycles. The first-order valence-corrected chi connectivity index (χ1v) is 10.5. The lowest BCUT2D eigenvalue weighted by Gasteiger charge is -2.42. The monoisotopic (exact) mass is 347 g/mol. The SMILES string of the molecule is CS(=O)(=O)NC1(CC2CC2)CCN(Cc2cccc(C#N)c2)CC1. The summed E-state index contributed by atoms with van der Waals surface area (Å²) in [6.07, 6.45) is 6.41. The molecule has 3 rings (SSSR count). The summed E-state index contributed by atoms with van der Waals surface area (Å²) in [5.74, 6) is 0.693. The molecule has 24 heavy (non-hydrogen) atoms. The summed E-state index contributed by atoms with van der Waals surface area (Å²) in [6, 6.07) is 9.88. The molecule has 1 saturated heterocycles. The first-order chi connectivity index (χ1) is 11.4. The van der Waals surface area contributed by atoms with Crippen LogP contribution < -0.4 is 4.72 Å². The fourth-order valence-electron chi connectivity index (χ4n) is 3.75. The van der Waals surface area contributed by atoms with Crippen molar-refractivity contribution in [1.29, 1.82) is 5.26 Å². The number of hydrogen-bond acceptors (Lipinski definition) is 4. The molecule has 1 aromatic carbocycles. The summed E-state index contributed by atoms with van der Waals surface area (Å²) < 4.78 is 26.5. The van der Waals surface area contributed by atoms with Crippen molar-refractivity contribution in [3.63, 3.8) is 0 Å². The topological polar surface area (TPSA) is 73.2 Å². The number of sulfonamides is 1. The van der Waals surface area contributed by atoms with Crippen molar-refractivity contribution < 1.29 is 8.42 Å². The smallest absolute Gasteiger partial charge is 0.209 e. The lowest BCUT2D eigenvalue weighted by Crippen LogP contribution is -2.55. The average molecular weight is 347 g/mol. The van der Waals surface area contributed by atoms with Crippen LogP contribution in [0.5, 0.6) is 0 Å². The number of piperidine rings is 1. The van der Waals surface area contributed by atoms with Crippen LogP contribution in [0.25, 0.3) is 0 Å². The van der Waals surface area contributed by atoms with Gasteiger partial charge in [0.25, 0.3) is 0 Å². The predicted molar refractivity (Wildman–Crippen MR) is 93.7 cm³/mol.